The lowest BCUT2D eigenvalue weighted by atomic mass is 9.99. The number of anilines is 1. The number of nitrogens with zero attached hydrogens (tertiary/aromatic N) is 4. The first-order chi connectivity index (χ1) is 14.9. The molecule has 4 rings (SSSR count). The Kier molecular flexibility index (Phi) is 5.99. The number of carbonyl (C=O) groups is 2. The Balaban J connectivity index is 1.53. The molecular formula is C23H28N6O2. The molecule has 0 atom stereocenters. The fraction of sp³-hybridized carbons (Fsp3) is 0.391. The molecule has 0 spiro atoms. The topological polar surface area (TPSA) is 94.2 Å². The Labute approximate surface area is 181 Å². The average Bonchev–Trinajstić information content (AvgIpc) is 3.19. The van der Waals surface area contributed by atoms with Crippen LogP contribution in [0.2, 0.25) is 0 Å². The number of aromatic nitrogens is 3. The molecule has 31 heavy (non-hydrogen) atoms. The number of amides is 1. The summed E-state index contributed by atoms with van der Waals surface area (Å²) in [5.74, 6) is 0.761. The third-order valence-electron chi connectivity index (χ3n) is 5.74. The van der Waals surface area contributed by atoms with Crippen LogP contribution >= 0.6 is 0 Å². The summed E-state index contributed by atoms with van der Waals surface area (Å²) in [5.41, 5.74) is 2.80. The summed E-state index contributed by atoms with van der Waals surface area (Å²) >= 11 is 0. The third-order valence-corrected chi connectivity index (χ3v) is 5.74. The molecule has 1 saturated heterocycles. The van der Waals surface area contributed by atoms with Gasteiger partial charge in [0.2, 0.25) is 5.91 Å². The first-order valence-corrected chi connectivity index (χ1v) is 10.6. The maximum atomic E-state index is 13.2. The second kappa shape index (κ2) is 8.85. The smallest absolute Gasteiger partial charge is 0.236 e. The number of carbonyl (C=O) groups excluding carboxylic acids is 2. The molecule has 2 N–H and O–H groups in total. The van der Waals surface area contributed by atoms with Crippen molar-refractivity contribution in [2.45, 2.75) is 25.8 Å². The summed E-state index contributed by atoms with van der Waals surface area (Å²) in [6.45, 7) is 3.78. The molecule has 0 aliphatic carbocycles. The van der Waals surface area contributed by atoms with Crippen molar-refractivity contribution >= 4 is 28.5 Å². The fourth-order valence-corrected chi connectivity index (χ4v) is 4.06. The molecule has 2 aromatic heterocycles. The second-order valence-electron chi connectivity index (χ2n) is 8.33. The summed E-state index contributed by atoms with van der Waals surface area (Å²) < 4.78 is 0. The van der Waals surface area contributed by atoms with Crippen LogP contribution in [0.25, 0.3) is 11.0 Å². The zero-order valence-corrected chi connectivity index (χ0v) is 18.2. The lowest BCUT2D eigenvalue weighted by Gasteiger charge is -2.33. The molecule has 0 saturated carbocycles. The van der Waals surface area contributed by atoms with E-state index in [1.165, 1.54) is 6.33 Å². The van der Waals surface area contributed by atoms with Gasteiger partial charge in [-0.1, -0.05) is 24.3 Å². The van der Waals surface area contributed by atoms with E-state index in [0.29, 0.717) is 47.6 Å². The van der Waals surface area contributed by atoms with E-state index >= 15 is 0 Å². The number of nitrogens with one attached hydrogen (secondary N) is 2. The van der Waals surface area contributed by atoms with Gasteiger partial charge < -0.3 is 20.1 Å². The van der Waals surface area contributed by atoms with E-state index in [-0.39, 0.29) is 17.7 Å². The van der Waals surface area contributed by atoms with Gasteiger partial charge in [0.05, 0.1) is 17.5 Å². The summed E-state index contributed by atoms with van der Waals surface area (Å²) in [6.07, 6.45) is 4.87. The number of likely N-dealkylation sites (tertiary alicyclic amines) is 1. The highest BCUT2D eigenvalue weighted by Crippen LogP contribution is 2.28. The van der Waals surface area contributed by atoms with Gasteiger partial charge >= 0.3 is 0 Å². The zero-order valence-electron chi connectivity index (χ0n) is 18.2. The molecule has 8 heteroatoms. The Morgan fingerprint density at radius 3 is 2.61 bits per heavy atom. The van der Waals surface area contributed by atoms with Gasteiger partial charge in [0.1, 0.15) is 17.8 Å². The molecule has 0 bridgehead atoms. The molecule has 1 aromatic carbocycles. The van der Waals surface area contributed by atoms with Crippen molar-refractivity contribution in [2.75, 3.05) is 39.0 Å². The predicted octanol–water partition coefficient (Wildman–Crippen LogP) is 2.46. The molecule has 8 nitrogen and oxygen atoms in total. The molecular weight excluding hydrogens is 392 g/mol. The molecule has 162 valence electrons. The molecule has 1 aliphatic heterocycles. The number of likely N-dealkylation sites (N-methyl/N-ethyl adjacent to an activating group) is 1. The maximum Gasteiger partial charge on any atom is 0.236 e. The standard InChI is InChI=1S/C23H28N6O2/c1-15-6-4-5-7-17(15)21(31)18-12-24-22-20(18)23(26-14-25-22)27-16-8-10-29(11-9-16)19(30)13-28(2)3/h4-7,12,14,16H,8-11,13H2,1-3H3,(H2,24,25,26,27). The molecule has 1 aliphatic rings. The number of aromatic amines is 1. The van der Waals surface area contributed by atoms with Gasteiger partial charge in [0.25, 0.3) is 0 Å². The van der Waals surface area contributed by atoms with Crippen molar-refractivity contribution in [3.8, 4) is 0 Å². The number of piperidine rings is 1. The van der Waals surface area contributed by atoms with E-state index in [1.807, 2.05) is 55.1 Å². The summed E-state index contributed by atoms with van der Waals surface area (Å²) in [5, 5.41) is 4.21. The zero-order chi connectivity index (χ0) is 22.0. The van der Waals surface area contributed by atoms with Crippen molar-refractivity contribution in [1.29, 1.82) is 0 Å². The van der Waals surface area contributed by atoms with E-state index in [1.54, 1.807) is 6.20 Å². The van der Waals surface area contributed by atoms with Crippen LogP contribution in [0.15, 0.2) is 36.8 Å². The van der Waals surface area contributed by atoms with Crippen molar-refractivity contribution < 1.29 is 9.59 Å². The minimum Gasteiger partial charge on any atom is -0.367 e. The van der Waals surface area contributed by atoms with E-state index in [9.17, 15) is 9.59 Å². The average molecular weight is 421 g/mol. The van der Waals surface area contributed by atoms with Crippen LogP contribution in [0.4, 0.5) is 5.82 Å². The van der Waals surface area contributed by atoms with Crippen molar-refractivity contribution in [3.05, 3.63) is 53.5 Å². The molecule has 3 aromatic rings. The highest BCUT2D eigenvalue weighted by atomic mass is 16.2. The Bertz CT molecular complexity index is 1100. The van der Waals surface area contributed by atoms with Crippen LogP contribution in [0.1, 0.15) is 34.3 Å². The summed E-state index contributed by atoms with van der Waals surface area (Å²) in [6, 6.07) is 7.75. The minimum absolute atomic E-state index is 0.0497. The molecule has 0 radical (unpaired) electrons. The Hall–Kier alpha value is -3.26. The SMILES string of the molecule is Cc1ccccc1C(=O)c1c[nH]c2ncnc(NC3CCN(C(=O)CN(C)C)CC3)c12. The van der Waals surface area contributed by atoms with E-state index in [0.717, 1.165) is 18.4 Å². The molecule has 1 fully saturated rings. The monoisotopic (exact) mass is 420 g/mol. The van der Waals surface area contributed by atoms with Crippen molar-refractivity contribution in [1.82, 2.24) is 24.8 Å². The number of H-pyrrole nitrogens is 1. The number of benzene rings is 1. The number of rotatable bonds is 6. The largest absolute Gasteiger partial charge is 0.367 e. The van der Waals surface area contributed by atoms with Gasteiger partial charge in [0, 0.05) is 30.9 Å². The highest BCUT2D eigenvalue weighted by Gasteiger charge is 2.25. The van der Waals surface area contributed by atoms with E-state index in [4.69, 9.17) is 0 Å². The first-order valence-electron chi connectivity index (χ1n) is 10.6. The number of fused-ring (bicyclic) bond motifs is 1. The van der Waals surface area contributed by atoms with Gasteiger partial charge in [-0.15, -0.1) is 0 Å². The van der Waals surface area contributed by atoms with Gasteiger partial charge in [-0.3, -0.25) is 9.59 Å². The predicted molar refractivity (Wildman–Crippen MR) is 120 cm³/mol. The molecule has 1 amide bonds. The fourth-order valence-electron chi connectivity index (χ4n) is 4.06. The molecule has 0 unspecified atom stereocenters. The van der Waals surface area contributed by atoms with E-state index in [2.05, 4.69) is 20.3 Å². The Morgan fingerprint density at radius 2 is 1.90 bits per heavy atom. The second-order valence-corrected chi connectivity index (χ2v) is 8.33. The summed E-state index contributed by atoms with van der Waals surface area (Å²) in [7, 11) is 3.80. The van der Waals surface area contributed by atoms with Crippen LogP contribution in [0, 0.1) is 6.92 Å². The van der Waals surface area contributed by atoms with Crippen LogP contribution < -0.4 is 5.32 Å². The van der Waals surface area contributed by atoms with Gasteiger partial charge in [-0.05, 0) is 39.4 Å². The first kappa shape index (κ1) is 21.0. The number of aryl methyl sites for hydroxylation is 1. The van der Waals surface area contributed by atoms with Gasteiger partial charge in [0.15, 0.2) is 5.78 Å². The molecule has 3 heterocycles. The maximum absolute atomic E-state index is 13.2. The van der Waals surface area contributed by atoms with Crippen molar-refractivity contribution in [2.24, 2.45) is 0 Å². The Morgan fingerprint density at radius 1 is 1.16 bits per heavy atom. The van der Waals surface area contributed by atoms with Crippen LogP contribution in [-0.4, -0.2) is 76.2 Å². The normalized spacial score (nSPS) is 14.9. The van der Waals surface area contributed by atoms with Crippen LogP contribution in [0.3, 0.4) is 0 Å². The summed E-state index contributed by atoms with van der Waals surface area (Å²) in [4.78, 5) is 41.2. The van der Waals surface area contributed by atoms with Crippen molar-refractivity contribution in [3.63, 3.8) is 0 Å². The number of ketones is 1. The van der Waals surface area contributed by atoms with Gasteiger partial charge in [-0.25, -0.2) is 9.97 Å². The van der Waals surface area contributed by atoms with E-state index < -0.39 is 0 Å². The number of hydrogen-bond donors (Lipinski definition) is 2. The minimum atomic E-state index is -0.0497. The van der Waals surface area contributed by atoms with Crippen LogP contribution in [-0.2, 0) is 4.79 Å². The van der Waals surface area contributed by atoms with Gasteiger partial charge in [-0.2, -0.15) is 0 Å². The third kappa shape index (κ3) is 4.44. The lowest BCUT2D eigenvalue weighted by Crippen LogP contribution is -2.45. The van der Waals surface area contributed by atoms with Crippen LogP contribution in [0.5, 0.6) is 0 Å². The number of hydrogen-bond acceptors (Lipinski definition) is 6. The quantitative estimate of drug-likeness (QED) is 0.595. The highest BCUT2D eigenvalue weighted by molar-refractivity contribution is 6.18. The lowest BCUT2D eigenvalue weighted by molar-refractivity contribution is -0.132.